The second-order valence-corrected chi connectivity index (χ2v) is 3.20. The summed E-state index contributed by atoms with van der Waals surface area (Å²) >= 11 is 0. The molecule has 0 aliphatic rings. The van der Waals surface area contributed by atoms with E-state index in [1.54, 1.807) is 0 Å². The van der Waals surface area contributed by atoms with E-state index in [0.29, 0.717) is 8.58 Å². The van der Waals surface area contributed by atoms with Crippen molar-refractivity contribution in [3.8, 4) is 0 Å². The normalized spacial score (nSPS) is 10.9. The third kappa shape index (κ3) is 1.98. The molecule has 0 amide bonds. The van der Waals surface area contributed by atoms with Crippen LogP contribution in [0.25, 0.3) is 0 Å². The second kappa shape index (κ2) is 3.55. The highest BCUT2D eigenvalue weighted by molar-refractivity contribution is 7.46. The number of nitrogens with two attached hydrogens (primary N) is 1. The maximum Gasteiger partial charge on any atom is 0.0637 e. The summed E-state index contributed by atoms with van der Waals surface area (Å²) in [5.74, 6) is 0. The minimum atomic E-state index is 0.226. The highest BCUT2D eigenvalue weighted by Crippen LogP contribution is 2.08. The molecule has 10 heavy (non-hydrogen) atoms. The van der Waals surface area contributed by atoms with E-state index in [-0.39, 0.29) is 6.35 Å². The fourth-order valence-electron chi connectivity index (χ4n) is 0.692. The van der Waals surface area contributed by atoms with Gasteiger partial charge in [-0.25, -0.2) is 0 Å². The van der Waals surface area contributed by atoms with Crippen molar-refractivity contribution < 1.29 is 5.11 Å². The van der Waals surface area contributed by atoms with Crippen molar-refractivity contribution in [2.24, 2.45) is 0 Å². The summed E-state index contributed by atoms with van der Waals surface area (Å²) in [6.45, 7) is 0. The smallest absolute Gasteiger partial charge is 0.0637 e. The Kier molecular flexibility index (Phi) is 2.67. The van der Waals surface area contributed by atoms with Crippen LogP contribution in [0, 0.1) is 0 Å². The third-order valence-corrected chi connectivity index (χ3v) is 2.09. The molecule has 0 aliphatic heterocycles. The molecule has 1 rings (SSSR count). The lowest BCUT2D eigenvalue weighted by Crippen LogP contribution is -1.95. The van der Waals surface area contributed by atoms with E-state index in [1.807, 2.05) is 24.3 Å². The standard InChI is InChI=1S/C7H10NOP/c8-6-1-3-7(4-2-6)10-5-9/h1-4,9-10H,5,8H2. The molecule has 0 fully saturated rings. The highest BCUT2D eigenvalue weighted by atomic mass is 31.1. The van der Waals surface area contributed by atoms with Gasteiger partial charge in [-0.05, 0) is 17.4 Å². The number of aliphatic hydroxyl groups excluding tert-OH is 1. The monoisotopic (exact) mass is 155 g/mol. The maximum absolute atomic E-state index is 8.57. The summed E-state index contributed by atoms with van der Waals surface area (Å²) in [5.41, 5.74) is 6.23. The molecule has 0 radical (unpaired) electrons. The number of rotatable bonds is 2. The Hall–Kier alpha value is -0.590. The van der Waals surface area contributed by atoms with E-state index >= 15 is 0 Å². The topological polar surface area (TPSA) is 46.2 Å². The molecule has 0 bridgehead atoms. The predicted octanol–water partition coefficient (Wildman–Crippen LogP) is 0.522. The molecule has 1 unspecified atom stereocenters. The Morgan fingerprint density at radius 3 is 2.40 bits per heavy atom. The Balaban J connectivity index is 2.69. The van der Waals surface area contributed by atoms with Crippen LogP contribution in [0.3, 0.4) is 0 Å². The van der Waals surface area contributed by atoms with Crippen molar-refractivity contribution in [2.45, 2.75) is 0 Å². The number of aliphatic hydroxyl groups is 1. The summed E-state index contributed by atoms with van der Waals surface area (Å²) in [5, 5.41) is 9.72. The average molecular weight is 155 g/mol. The number of benzene rings is 1. The van der Waals surface area contributed by atoms with Crippen LogP contribution >= 0.6 is 8.58 Å². The van der Waals surface area contributed by atoms with E-state index in [1.165, 1.54) is 0 Å². The second-order valence-electron chi connectivity index (χ2n) is 1.96. The van der Waals surface area contributed by atoms with Gasteiger partial charge in [0.2, 0.25) is 0 Å². The number of hydrogen-bond acceptors (Lipinski definition) is 2. The zero-order valence-corrected chi connectivity index (χ0v) is 6.54. The highest BCUT2D eigenvalue weighted by Gasteiger charge is 1.88. The Bertz CT molecular complexity index is 197. The first-order valence-electron chi connectivity index (χ1n) is 3.03. The third-order valence-electron chi connectivity index (χ3n) is 1.19. The molecule has 1 aromatic carbocycles. The zero-order chi connectivity index (χ0) is 7.40. The molecule has 0 heterocycles. The summed E-state index contributed by atoms with van der Waals surface area (Å²) in [6, 6.07) is 7.56. The van der Waals surface area contributed by atoms with Gasteiger partial charge in [0.05, 0.1) is 6.35 Å². The Morgan fingerprint density at radius 1 is 1.30 bits per heavy atom. The van der Waals surface area contributed by atoms with E-state index < -0.39 is 0 Å². The molecule has 1 aromatic rings. The summed E-state index contributed by atoms with van der Waals surface area (Å²) in [6.07, 6.45) is 0.226. The minimum Gasteiger partial charge on any atom is -0.399 e. The summed E-state index contributed by atoms with van der Waals surface area (Å²) < 4.78 is 0. The molecule has 0 spiro atoms. The van der Waals surface area contributed by atoms with Crippen molar-refractivity contribution in [3.05, 3.63) is 24.3 Å². The lowest BCUT2D eigenvalue weighted by atomic mass is 10.3. The first kappa shape index (κ1) is 7.52. The largest absolute Gasteiger partial charge is 0.399 e. The minimum absolute atomic E-state index is 0.226. The summed E-state index contributed by atoms with van der Waals surface area (Å²) in [7, 11) is 0.483. The van der Waals surface area contributed by atoms with Gasteiger partial charge in [0.1, 0.15) is 0 Å². The SMILES string of the molecule is Nc1ccc(PCO)cc1. The molecule has 2 nitrogen and oxygen atoms in total. The molecule has 3 N–H and O–H groups in total. The summed E-state index contributed by atoms with van der Waals surface area (Å²) in [4.78, 5) is 0. The van der Waals surface area contributed by atoms with Gasteiger partial charge in [0.15, 0.2) is 0 Å². The molecule has 0 saturated carbocycles. The molecule has 0 aromatic heterocycles. The zero-order valence-electron chi connectivity index (χ0n) is 5.54. The Morgan fingerprint density at radius 2 is 1.90 bits per heavy atom. The number of anilines is 1. The van der Waals surface area contributed by atoms with E-state index in [4.69, 9.17) is 10.8 Å². The van der Waals surface area contributed by atoms with Crippen molar-refractivity contribution in [1.82, 2.24) is 0 Å². The maximum atomic E-state index is 8.57. The first-order valence-corrected chi connectivity index (χ1v) is 4.24. The average Bonchev–Trinajstić information content (AvgIpc) is 1.95. The molecular weight excluding hydrogens is 145 g/mol. The van der Waals surface area contributed by atoms with Crippen LogP contribution in [-0.2, 0) is 0 Å². The van der Waals surface area contributed by atoms with Crippen molar-refractivity contribution in [3.63, 3.8) is 0 Å². The molecule has 1 atom stereocenters. The van der Waals surface area contributed by atoms with Crippen molar-refractivity contribution in [2.75, 3.05) is 12.1 Å². The lowest BCUT2D eigenvalue weighted by Gasteiger charge is -1.97. The van der Waals surface area contributed by atoms with Crippen LogP contribution < -0.4 is 11.0 Å². The molecule has 54 valence electrons. The lowest BCUT2D eigenvalue weighted by molar-refractivity contribution is 0.373. The van der Waals surface area contributed by atoms with Gasteiger partial charge < -0.3 is 10.8 Å². The van der Waals surface area contributed by atoms with Crippen LogP contribution in [0.15, 0.2) is 24.3 Å². The van der Waals surface area contributed by atoms with E-state index in [0.717, 1.165) is 11.0 Å². The van der Waals surface area contributed by atoms with Gasteiger partial charge in [0.25, 0.3) is 0 Å². The molecule has 3 heteroatoms. The first-order chi connectivity index (χ1) is 4.83. The predicted molar refractivity (Wildman–Crippen MR) is 45.9 cm³/mol. The van der Waals surface area contributed by atoms with Gasteiger partial charge in [0, 0.05) is 5.69 Å². The molecular formula is C7H10NOP. The molecule has 0 aliphatic carbocycles. The molecule has 0 saturated heterocycles. The Labute approximate surface area is 61.8 Å². The van der Waals surface area contributed by atoms with Crippen LogP contribution in [0.4, 0.5) is 5.69 Å². The van der Waals surface area contributed by atoms with E-state index in [9.17, 15) is 0 Å². The quantitative estimate of drug-likeness (QED) is 0.483. The van der Waals surface area contributed by atoms with Gasteiger partial charge in [-0.1, -0.05) is 20.7 Å². The van der Waals surface area contributed by atoms with E-state index in [2.05, 4.69) is 0 Å². The van der Waals surface area contributed by atoms with Gasteiger partial charge in [-0.2, -0.15) is 0 Å². The van der Waals surface area contributed by atoms with Crippen LogP contribution in [0.2, 0.25) is 0 Å². The number of nitrogen functional groups attached to an aromatic ring is 1. The van der Waals surface area contributed by atoms with Gasteiger partial charge >= 0.3 is 0 Å². The van der Waals surface area contributed by atoms with Crippen LogP contribution in [0.5, 0.6) is 0 Å². The fourth-order valence-corrected chi connectivity index (χ4v) is 1.28. The fraction of sp³-hybridized carbons (Fsp3) is 0.143. The van der Waals surface area contributed by atoms with Crippen molar-refractivity contribution in [1.29, 1.82) is 0 Å². The van der Waals surface area contributed by atoms with Gasteiger partial charge in [-0.15, -0.1) is 0 Å². The van der Waals surface area contributed by atoms with Crippen LogP contribution in [-0.4, -0.2) is 11.5 Å². The van der Waals surface area contributed by atoms with Crippen molar-refractivity contribution >= 4 is 19.6 Å². The number of hydrogen-bond donors (Lipinski definition) is 2. The van der Waals surface area contributed by atoms with Crippen LogP contribution in [0.1, 0.15) is 0 Å². The van der Waals surface area contributed by atoms with Gasteiger partial charge in [-0.3, -0.25) is 0 Å².